The van der Waals surface area contributed by atoms with E-state index in [1.54, 1.807) is 0 Å². The van der Waals surface area contributed by atoms with Gasteiger partial charge in [-0.3, -0.25) is 4.79 Å². The Balaban J connectivity index is 3.35. The molecule has 0 aromatic carbocycles. The molecule has 0 fully saturated rings. The van der Waals surface area contributed by atoms with Gasteiger partial charge in [-0.25, -0.2) is 13.8 Å². The normalized spacial score (nSPS) is 10.7. The second kappa shape index (κ2) is 4.19. The van der Waals surface area contributed by atoms with Gasteiger partial charge >= 0.3 is 0 Å². The molecule has 6 heteroatoms. The molecule has 1 heterocycles. The second-order valence-corrected chi connectivity index (χ2v) is 3.32. The second-order valence-electron chi connectivity index (χ2n) is 2.57. The van der Waals surface area contributed by atoms with Crippen LogP contribution in [-0.4, -0.2) is 10.2 Å². The van der Waals surface area contributed by atoms with Crippen molar-refractivity contribution in [1.29, 1.82) is 0 Å². The van der Waals surface area contributed by atoms with Crippen molar-refractivity contribution in [3.05, 3.63) is 28.0 Å². The highest BCUT2D eigenvalue weighted by atomic mass is 35.5. The zero-order chi connectivity index (χ0) is 10.9. The van der Waals surface area contributed by atoms with Gasteiger partial charge in [0.2, 0.25) is 0 Å². The van der Waals surface area contributed by atoms with Crippen LogP contribution in [0.15, 0.2) is 6.07 Å². The van der Waals surface area contributed by atoms with Crippen LogP contribution >= 0.6 is 23.2 Å². The van der Waals surface area contributed by atoms with Crippen molar-refractivity contribution in [3.8, 4) is 0 Å². The minimum atomic E-state index is -2.77. The fourth-order valence-electron chi connectivity index (χ4n) is 0.910. The third kappa shape index (κ3) is 2.19. The van der Waals surface area contributed by atoms with Crippen LogP contribution in [-0.2, 0) is 0 Å². The summed E-state index contributed by atoms with van der Waals surface area (Å²) in [6.07, 6.45) is -2.77. The summed E-state index contributed by atoms with van der Waals surface area (Å²) in [5.41, 5.74) is -0.623. The highest BCUT2D eigenvalue weighted by molar-refractivity contribution is 6.67. The predicted molar refractivity (Wildman–Crippen MR) is 49.1 cm³/mol. The van der Waals surface area contributed by atoms with E-state index < -0.39 is 17.4 Å². The molecule has 0 amide bonds. The highest BCUT2D eigenvalue weighted by Crippen LogP contribution is 2.26. The number of hydrogen-bond donors (Lipinski definition) is 0. The molecular formula is C8H5Cl2F2NO. The molecule has 0 saturated carbocycles. The summed E-state index contributed by atoms with van der Waals surface area (Å²) < 4.78 is 24.8. The van der Waals surface area contributed by atoms with E-state index in [2.05, 4.69) is 4.98 Å². The number of halogens is 4. The largest absolute Gasteiger partial charge is 0.280 e. The van der Waals surface area contributed by atoms with Gasteiger partial charge in [-0.15, -0.1) is 0 Å². The van der Waals surface area contributed by atoms with E-state index in [0.717, 1.165) is 6.07 Å². The molecule has 1 aromatic rings. The lowest BCUT2D eigenvalue weighted by atomic mass is 10.2. The van der Waals surface area contributed by atoms with Gasteiger partial charge in [0, 0.05) is 5.02 Å². The van der Waals surface area contributed by atoms with Crippen molar-refractivity contribution in [3.63, 3.8) is 0 Å². The molecule has 2 nitrogen and oxygen atoms in total. The SMILES string of the molecule is Cc1c(Cl)cc(C(=O)Cl)nc1C(F)F. The van der Waals surface area contributed by atoms with Crippen molar-refractivity contribution in [2.45, 2.75) is 13.3 Å². The monoisotopic (exact) mass is 239 g/mol. The molecular weight excluding hydrogens is 235 g/mol. The first kappa shape index (κ1) is 11.3. The number of carbonyl (C=O) groups excluding carboxylic acids is 1. The van der Waals surface area contributed by atoms with Gasteiger partial charge in [-0.2, -0.15) is 0 Å². The van der Waals surface area contributed by atoms with E-state index in [0.29, 0.717) is 0 Å². The van der Waals surface area contributed by atoms with Crippen molar-refractivity contribution < 1.29 is 13.6 Å². The number of nitrogens with zero attached hydrogens (tertiary/aromatic N) is 1. The summed E-state index contributed by atoms with van der Waals surface area (Å²) in [7, 11) is 0. The maximum absolute atomic E-state index is 12.4. The van der Waals surface area contributed by atoms with E-state index >= 15 is 0 Å². The quantitative estimate of drug-likeness (QED) is 0.742. The Labute approximate surface area is 88.8 Å². The summed E-state index contributed by atoms with van der Waals surface area (Å²) in [4.78, 5) is 14.1. The minimum Gasteiger partial charge on any atom is -0.274 e. The lowest BCUT2D eigenvalue weighted by Gasteiger charge is -2.06. The first-order valence-electron chi connectivity index (χ1n) is 3.58. The maximum atomic E-state index is 12.4. The summed E-state index contributed by atoms with van der Waals surface area (Å²) >= 11 is 10.7. The Hall–Kier alpha value is -0.740. The summed E-state index contributed by atoms with van der Waals surface area (Å²) in [5, 5.41) is -0.854. The van der Waals surface area contributed by atoms with E-state index in [-0.39, 0.29) is 16.3 Å². The molecule has 0 aliphatic heterocycles. The molecule has 0 aliphatic rings. The molecule has 1 rings (SSSR count). The lowest BCUT2D eigenvalue weighted by Crippen LogP contribution is -2.02. The van der Waals surface area contributed by atoms with Gasteiger partial charge in [0.05, 0.1) is 0 Å². The molecule has 0 unspecified atom stereocenters. The van der Waals surface area contributed by atoms with Crippen LogP contribution in [0.4, 0.5) is 8.78 Å². The number of pyridine rings is 1. The Morgan fingerprint density at radius 2 is 2.14 bits per heavy atom. The predicted octanol–water partition coefficient (Wildman–Crippen LogP) is 3.36. The number of hydrogen-bond acceptors (Lipinski definition) is 2. The van der Waals surface area contributed by atoms with Crippen molar-refractivity contribution in [2.24, 2.45) is 0 Å². The minimum absolute atomic E-state index is 0.0549. The first-order chi connectivity index (χ1) is 6.43. The number of alkyl halides is 2. The molecule has 1 aromatic heterocycles. The fraction of sp³-hybridized carbons (Fsp3) is 0.250. The molecule has 0 N–H and O–H groups in total. The summed E-state index contributed by atoms with van der Waals surface area (Å²) in [5.74, 6) is 0. The van der Waals surface area contributed by atoms with Gasteiger partial charge in [-0.05, 0) is 30.2 Å². The standard InChI is InChI=1S/C8H5Cl2F2NO/c1-3-4(9)2-5(7(10)14)13-6(3)8(11)12/h2,8H,1H3. The van der Waals surface area contributed by atoms with Crippen LogP contribution in [0, 0.1) is 6.92 Å². The fourth-order valence-corrected chi connectivity index (χ4v) is 1.21. The van der Waals surface area contributed by atoms with Crippen LogP contribution < -0.4 is 0 Å². The highest BCUT2D eigenvalue weighted by Gasteiger charge is 2.18. The van der Waals surface area contributed by atoms with Gasteiger partial charge < -0.3 is 0 Å². The van der Waals surface area contributed by atoms with E-state index in [4.69, 9.17) is 23.2 Å². The molecule has 0 spiro atoms. The Bertz CT molecular complexity index is 382. The van der Waals surface area contributed by atoms with Crippen molar-refractivity contribution in [1.82, 2.24) is 4.98 Å². The summed E-state index contributed by atoms with van der Waals surface area (Å²) in [6.45, 7) is 1.40. The zero-order valence-corrected chi connectivity index (χ0v) is 8.53. The third-order valence-electron chi connectivity index (χ3n) is 1.65. The van der Waals surface area contributed by atoms with Crippen molar-refractivity contribution >= 4 is 28.4 Å². The van der Waals surface area contributed by atoms with Gasteiger partial charge in [0.25, 0.3) is 11.7 Å². The number of carbonyl (C=O) groups is 1. The Morgan fingerprint density at radius 3 is 2.57 bits per heavy atom. The first-order valence-corrected chi connectivity index (χ1v) is 4.34. The van der Waals surface area contributed by atoms with Crippen LogP contribution in [0.25, 0.3) is 0 Å². The Kier molecular flexibility index (Phi) is 3.39. The number of rotatable bonds is 2. The molecule has 0 atom stereocenters. The van der Waals surface area contributed by atoms with E-state index in [1.807, 2.05) is 0 Å². The van der Waals surface area contributed by atoms with Gasteiger partial charge in [0.15, 0.2) is 0 Å². The van der Waals surface area contributed by atoms with Crippen LogP contribution in [0.2, 0.25) is 5.02 Å². The molecule has 0 saturated heterocycles. The summed E-state index contributed by atoms with van der Waals surface area (Å²) in [6, 6.07) is 1.16. The zero-order valence-electron chi connectivity index (χ0n) is 7.02. The van der Waals surface area contributed by atoms with E-state index in [1.165, 1.54) is 6.92 Å². The van der Waals surface area contributed by atoms with Gasteiger partial charge in [0.1, 0.15) is 11.4 Å². The third-order valence-corrected chi connectivity index (χ3v) is 2.24. The average Bonchev–Trinajstić information content (AvgIpc) is 2.08. The molecule has 76 valence electrons. The number of aromatic nitrogens is 1. The smallest absolute Gasteiger partial charge is 0.274 e. The lowest BCUT2D eigenvalue weighted by molar-refractivity contribution is 0.107. The molecule has 0 bridgehead atoms. The van der Waals surface area contributed by atoms with Crippen LogP contribution in [0.5, 0.6) is 0 Å². The van der Waals surface area contributed by atoms with Gasteiger partial charge in [-0.1, -0.05) is 11.6 Å². The average molecular weight is 240 g/mol. The molecule has 0 aliphatic carbocycles. The van der Waals surface area contributed by atoms with Crippen molar-refractivity contribution in [2.75, 3.05) is 0 Å². The van der Waals surface area contributed by atoms with Crippen LogP contribution in [0.1, 0.15) is 28.2 Å². The Morgan fingerprint density at radius 1 is 1.57 bits per heavy atom. The molecule has 0 radical (unpaired) electrons. The van der Waals surface area contributed by atoms with E-state index in [9.17, 15) is 13.6 Å². The topological polar surface area (TPSA) is 30.0 Å². The maximum Gasteiger partial charge on any atom is 0.280 e. The molecule has 14 heavy (non-hydrogen) atoms. The van der Waals surface area contributed by atoms with Crippen LogP contribution in [0.3, 0.4) is 0 Å².